The second-order valence-corrected chi connectivity index (χ2v) is 13.1. The number of likely N-dealkylation sites (tertiary alicyclic amines) is 1. The summed E-state index contributed by atoms with van der Waals surface area (Å²) in [5.74, 6) is -0.333. The molecule has 1 aromatic rings. The van der Waals surface area contributed by atoms with Crippen molar-refractivity contribution in [2.75, 3.05) is 27.9 Å². The van der Waals surface area contributed by atoms with Gasteiger partial charge in [-0.1, -0.05) is 58.1 Å². The van der Waals surface area contributed by atoms with E-state index in [1.165, 1.54) is 45.1 Å². The number of halogens is 1. The van der Waals surface area contributed by atoms with Crippen LogP contribution in [0.25, 0.3) is 0 Å². The third-order valence-corrected chi connectivity index (χ3v) is 8.64. The number of β-amino-alcohol motifs (C(OH)–C–C–N with tert-alkyl or cyclic N) is 1. The Kier molecular flexibility index (Phi) is 11.3. The Hall–Kier alpha value is -2.85. The number of carbonyl (C=O) groups is 3. The van der Waals surface area contributed by atoms with Gasteiger partial charge in [-0.2, -0.15) is 0 Å². The quantitative estimate of drug-likeness (QED) is 0.202. The molecule has 0 radical (unpaired) electrons. The van der Waals surface area contributed by atoms with Crippen LogP contribution in [0.2, 0.25) is 5.02 Å². The highest BCUT2D eigenvalue weighted by atomic mass is 35.5. The van der Waals surface area contributed by atoms with Crippen LogP contribution in [0.4, 0.5) is 0 Å². The molecule has 3 atom stereocenters. The van der Waals surface area contributed by atoms with E-state index in [4.69, 9.17) is 31.2 Å². The molecule has 2 aliphatic rings. The average Bonchev–Trinajstić information content (AvgIpc) is 3.08. The van der Waals surface area contributed by atoms with E-state index in [0.717, 1.165) is 25.7 Å². The van der Waals surface area contributed by atoms with Crippen molar-refractivity contribution in [1.82, 2.24) is 10.2 Å². The average molecular weight is 608 g/mol. The highest BCUT2D eigenvalue weighted by Crippen LogP contribution is 2.38. The predicted molar refractivity (Wildman–Crippen MR) is 160 cm³/mol. The van der Waals surface area contributed by atoms with Crippen LogP contribution in [0.3, 0.4) is 0 Å². The zero-order valence-electron chi connectivity index (χ0n) is 25.7. The lowest BCUT2D eigenvalue weighted by Gasteiger charge is -2.35. The molecule has 0 aromatic heterocycles. The van der Waals surface area contributed by atoms with E-state index in [0.29, 0.717) is 23.5 Å². The van der Waals surface area contributed by atoms with Crippen molar-refractivity contribution in [3.63, 3.8) is 0 Å². The van der Waals surface area contributed by atoms with Crippen LogP contribution in [-0.4, -0.2) is 79.1 Å². The van der Waals surface area contributed by atoms with Gasteiger partial charge in [0.1, 0.15) is 23.6 Å². The van der Waals surface area contributed by atoms with Gasteiger partial charge in [0, 0.05) is 36.6 Å². The number of amides is 2. The number of carbonyl (C=O) groups excluding carboxylic acids is 3. The minimum absolute atomic E-state index is 0.0147. The van der Waals surface area contributed by atoms with Gasteiger partial charge in [0.25, 0.3) is 0 Å². The summed E-state index contributed by atoms with van der Waals surface area (Å²) in [4.78, 5) is 41.4. The summed E-state index contributed by atoms with van der Waals surface area (Å²) in [6.07, 6.45) is 6.63. The van der Waals surface area contributed by atoms with Crippen LogP contribution in [-0.2, 0) is 19.1 Å². The van der Waals surface area contributed by atoms with Gasteiger partial charge >= 0.3 is 5.97 Å². The summed E-state index contributed by atoms with van der Waals surface area (Å²) in [5.41, 5.74) is -1.91. The van der Waals surface area contributed by atoms with Gasteiger partial charge in [0.2, 0.25) is 11.8 Å². The normalized spacial score (nSPS) is 22.2. The summed E-state index contributed by atoms with van der Waals surface area (Å²) in [7, 11) is 4.15. The standard InChI is InChI=1S/C31H46ClN3O7/c1-30(2,3)27(34-26(36)13-19-11-9-7-8-10-12-19)28(37)35-18-31(39,17-23(35)29(38)42-6)16-22(33)20-14-21(32)25(41-5)15-24(20)40-4/h14-15,19,23,27,33,39H,7-13,16-18H2,1-6H3,(H,34,36)/t23-,27+,31+/m0/s1. The molecule has 1 saturated heterocycles. The predicted octanol–water partition coefficient (Wildman–Crippen LogP) is 4.51. The number of hydrogen-bond donors (Lipinski definition) is 3. The maximum absolute atomic E-state index is 14.1. The lowest BCUT2D eigenvalue weighted by atomic mass is 9.85. The number of benzene rings is 1. The topological polar surface area (TPSA) is 138 Å². The molecule has 2 amide bonds. The Morgan fingerprint density at radius 2 is 1.71 bits per heavy atom. The van der Waals surface area contributed by atoms with Gasteiger partial charge < -0.3 is 34.9 Å². The van der Waals surface area contributed by atoms with Crippen molar-refractivity contribution in [3.8, 4) is 11.5 Å². The van der Waals surface area contributed by atoms with Crippen LogP contribution in [0.1, 0.15) is 84.1 Å². The molecule has 0 bridgehead atoms. The molecular weight excluding hydrogens is 562 g/mol. The first-order valence-corrected chi connectivity index (χ1v) is 15.0. The van der Waals surface area contributed by atoms with Gasteiger partial charge in [-0.15, -0.1) is 0 Å². The fourth-order valence-electron chi connectivity index (χ4n) is 6.05. The Labute approximate surface area is 253 Å². The summed E-state index contributed by atoms with van der Waals surface area (Å²) in [6.45, 7) is 5.34. The van der Waals surface area contributed by atoms with Crippen molar-refractivity contribution < 1.29 is 33.7 Å². The molecule has 11 heteroatoms. The number of hydrogen-bond acceptors (Lipinski definition) is 8. The van der Waals surface area contributed by atoms with Crippen LogP contribution in [0.15, 0.2) is 12.1 Å². The van der Waals surface area contributed by atoms with Crippen LogP contribution in [0, 0.1) is 16.7 Å². The fourth-order valence-corrected chi connectivity index (χ4v) is 6.29. The minimum atomic E-state index is -1.62. The van der Waals surface area contributed by atoms with E-state index in [1.54, 1.807) is 6.07 Å². The monoisotopic (exact) mass is 607 g/mol. The van der Waals surface area contributed by atoms with E-state index in [-0.39, 0.29) is 41.9 Å². The molecule has 1 heterocycles. The third-order valence-electron chi connectivity index (χ3n) is 8.34. The Bertz CT molecular complexity index is 1160. The molecule has 234 valence electrons. The van der Waals surface area contributed by atoms with Crippen molar-refractivity contribution in [2.24, 2.45) is 11.3 Å². The molecule has 2 fully saturated rings. The van der Waals surface area contributed by atoms with Crippen molar-refractivity contribution >= 4 is 35.1 Å². The van der Waals surface area contributed by atoms with Gasteiger partial charge in [-0.05, 0) is 30.2 Å². The largest absolute Gasteiger partial charge is 0.496 e. The zero-order chi connectivity index (χ0) is 31.2. The highest BCUT2D eigenvalue weighted by Gasteiger charge is 2.51. The molecule has 0 spiro atoms. The summed E-state index contributed by atoms with van der Waals surface area (Å²) in [6, 6.07) is 1.08. The Morgan fingerprint density at radius 3 is 2.26 bits per heavy atom. The van der Waals surface area contributed by atoms with E-state index in [2.05, 4.69) is 5.32 Å². The van der Waals surface area contributed by atoms with Gasteiger partial charge in [-0.25, -0.2) is 4.79 Å². The van der Waals surface area contributed by atoms with Crippen molar-refractivity contribution in [3.05, 3.63) is 22.7 Å². The molecule has 1 saturated carbocycles. The molecule has 42 heavy (non-hydrogen) atoms. The van der Waals surface area contributed by atoms with Crippen LogP contribution in [0.5, 0.6) is 11.5 Å². The first-order valence-electron chi connectivity index (χ1n) is 14.6. The number of nitrogens with zero attached hydrogens (tertiary/aromatic N) is 1. The minimum Gasteiger partial charge on any atom is -0.496 e. The molecule has 1 aliphatic carbocycles. The SMILES string of the molecule is COC(=O)[C@@H]1C[C@](O)(CC(=N)c2cc(Cl)c(OC)cc2OC)CN1C(=O)[C@@H](NC(=O)CC1CCCCCC1)C(C)(C)C. The molecular formula is C31H46ClN3O7. The first-order chi connectivity index (χ1) is 19.7. The highest BCUT2D eigenvalue weighted by molar-refractivity contribution is 6.32. The van der Waals surface area contributed by atoms with Gasteiger partial charge in [0.15, 0.2) is 0 Å². The third kappa shape index (κ3) is 8.16. The number of ether oxygens (including phenoxy) is 3. The Morgan fingerprint density at radius 1 is 1.10 bits per heavy atom. The smallest absolute Gasteiger partial charge is 0.328 e. The first kappa shape index (κ1) is 33.6. The molecule has 3 rings (SSSR count). The number of rotatable bonds is 10. The number of nitrogens with one attached hydrogen (secondary N) is 2. The van der Waals surface area contributed by atoms with Crippen molar-refractivity contribution in [1.29, 1.82) is 5.41 Å². The van der Waals surface area contributed by atoms with E-state index in [1.807, 2.05) is 20.8 Å². The fraction of sp³-hybridized carbons (Fsp3) is 0.677. The lowest BCUT2D eigenvalue weighted by Crippen LogP contribution is -2.57. The molecule has 1 aliphatic heterocycles. The van der Waals surface area contributed by atoms with E-state index in [9.17, 15) is 19.5 Å². The maximum atomic E-state index is 14.1. The van der Waals surface area contributed by atoms with Gasteiger partial charge in [0.05, 0.1) is 38.5 Å². The summed E-state index contributed by atoms with van der Waals surface area (Å²) >= 11 is 6.30. The lowest BCUT2D eigenvalue weighted by molar-refractivity contribution is -0.153. The Balaban J connectivity index is 1.83. The second-order valence-electron chi connectivity index (χ2n) is 12.7. The van der Waals surface area contributed by atoms with E-state index >= 15 is 0 Å². The number of aliphatic hydroxyl groups is 1. The number of esters is 1. The van der Waals surface area contributed by atoms with E-state index < -0.39 is 35.0 Å². The molecule has 1 aromatic carbocycles. The maximum Gasteiger partial charge on any atom is 0.328 e. The van der Waals surface area contributed by atoms with Crippen LogP contribution < -0.4 is 14.8 Å². The summed E-state index contributed by atoms with van der Waals surface area (Å²) in [5, 5.41) is 23.7. The second kappa shape index (κ2) is 14.1. The molecule has 3 N–H and O–H groups in total. The zero-order valence-corrected chi connectivity index (χ0v) is 26.4. The van der Waals surface area contributed by atoms with Crippen molar-refractivity contribution in [2.45, 2.75) is 96.2 Å². The van der Waals surface area contributed by atoms with Crippen LogP contribution >= 0.6 is 11.6 Å². The molecule has 0 unspecified atom stereocenters. The summed E-state index contributed by atoms with van der Waals surface area (Å²) < 4.78 is 15.7. The number of methoxy groups -OCH3 is 3. The molecule has 10 nitrogen and oxygen atoms in total. The van der Waals surface area contributed by atoms with Gasteiger partial charge in [-0.3, -0.25) is 9.59 Å².